The lowest BCUT2D eigenvalue weighted by Crippen LogP contribution is -2.55. The van der Waals surface area contributed by atoms with Crippen LogP contribution in [0.2, 0.25) is 0 Å². The summed E-state index contributed by atoms with van der Waals surface area (Å²) in [6.07, 6.45) is 2.07. The van der Waals surface area contributed by atoms with Crippen molar-refractivity contribution < 1.29 is 19.4 Å². The van der Waals surface area contributed by atoms with Crippen molar-refractivity contribution in [2.45, 2.75) is 45.7 Å². The molecule has 0 amide bonds. The molecule has 3 aromatic rings. The van der Waals surface area contributed by atoms with E-state index in [0.717, 1.165) is 10.1 Å². The lowest BCUT2D eigenvalue weighted by Gasteiger charge is -2.53. The molecular formula is C30H27Br2N3O6. The number of phenols is 1. The normalized spacial score (nSPS) is 25.4. The fourth-order valence-electron chi connectivity index (χ4n) is 6.96. The number of hydrogen-bond acceptors (Lipinski definition) is 6. The number of phenolic OH excluding ortho intramolecular Hbond substituents is 1. The summed E-state index contributed by atoms with van der Waals surface area (Å²) in [6, 6.07) is 9.71. The Kier molecular flexibility index (Phi) is 6.46. The molecule has 1 aromatic heterocycles. The quantitative estimate of drug-likeness (QED) is 0.396. The Morgan fingerprint density at radius 1 is 1.00 bits per heavy atom. The van der Waals surface area contributed by atoms with Gasteiger partial charge in [0.2, 0.25) is 0 Å². The summed E-state index contributed by atoms with van der Waals surface area (Å²) < 4.78 is 10.3. The number of nitrogens with zero attached hydrogens (tertiary/aromatic N) is 3. The van der Waals surface area contributed by atoms with Crippen LogP contribution in [0.5, 0.6) is 11.5 Å². The average Bonchev–Trinajstić information content (AvgIpc) is 3.23. The van der Waals surface area contributed by atoms with Crippen LogP contribution >= 0.6 is 31.9 Å². The maximum absolute atomic E-state index is 14.2. The number of hydrogen-bond donors (Lipinski definition) is 1. The second-order valence-electron chi connectivity index (χ2n) is 11.0. The highest BCUT2D eigenvalue weighted by atomic mass is 79.9. The van der Waals surface area contributed by atoms with Gasteiger partial charge in [0.25, 0.3) is 0 Å². The number of halogens is 2. The molecule has 0 unspecified atom stereocenters. The number of para-hydroxylation sites is 1. The van der Waals surface area contributed by atoms with Gasteiger partial charge in [0.15, 0.2) is 23.1 Å². The van der Waals surface area contributed by atoms with Crippen LogP contribution in [0.25, 0.3) is 5.69 Å². The number of benzene rings is 2. The Morgan fingerprint density at radius 3 is 2.34 bits per heavy atom. The fourth-order valence-corrected chi connectivity index (χ4v) is 7.92. The SMILES string of the molecule is COc1cc([C@H]2C3=CCn4c(=O)n(-c5ccccc5)c(=O)n4[C@@H]3C[C@H]3C(=O)C(C)=C(C)C(=O)[C@@]23C)c(Br)c(Br)c1O. The highest BCUT2D eigenvalue weighted by molar-refractivity contribution is 9.13. The van der Waals surface area contributed by atoms with Crippen molar-refractivity contribution in [1.82, 2.24) is 13.9 Å². The van der Waals surface area contributed by atoms with Gasteiger partial charge in [0.1, 0.15) is 0 Å². The summed E-state index contributed by atoms with van der Waals surface area (Å²) in [4.78, 5) is 55.6. The number of rotatable bonds is 3. The number of aromatic hydroxyl groups is 1. The molecule has 1 saturated carbocycles. The van der Waals surface area contributed by atoms with Gasteiger partial charge in [-0.1, -0.05) is 31.2 Å². The van der Waals surface area contributed by atoms with Crippen LogP contribution in [0.15, 0.2) is 77.7 Å². The maximum atomic E-state index is 14.2. The predicted octanol–water partition coefficient (Wildman–Crippen LogP) is 4.82. The number of carbonyl (C=O) groups is 2. The van der Waals surface area contributed by atoms with Crippen LogP contribution < -0.4 is 16.1 Å². The first-order chi connectivity index (χ1) is 19.4. The van der Waals surface area contributed by atoms with Gasteiger partial charge < -0.3 is 9.84 Å². The zero-order valence-corrected chi connectivity index (χ0v) is 25.9. The number of fused-ring (bicyclic) bond motifs is 4. The van der Waals surface area contributed by atoms with E-state index in [9.17, 15) is 24.3 Å². The van der Waals surface area contributed by atoms with Crippen molar-refractivity contribution in [2.24, 2.45) is 11.3 Å². The Bertz CT molecular complexity index is 1850. The Balaban J connectivity index is 1.65. The zero-order valence-electron chi connectivity index (χ0n) is 22.8. The maximum Gasteiger partial charge on any atom is 0.352 e. The van der Waals surface area contributed by atoms with Crippen LogP contribution in [0.1, 0.15) is 44.7 Å². The number of Topliss-reactive ketones (excluding diaryl/α,β-unsaturated/α-hetero) is 2. The molecule has 41 heavy (non-hydrogen) atoms. The summed E-state index contributed by atoms with van der Waals surface area (Å²) >= 11 is 7.06. The minimum atomic E-state index is -1.19. The molecule has 0 bridgehead atoms. The molecule has 3 aliphatic rings. The molecular weight excluding hydrogens is 658 g/mol. The molecule has 212 valence electrons. The van der Waals surface area contributed by atoms with E-state index in [1.165, 1.54) is 16.5 Å². The number of carbonyl (C=O) groups excluding carboxylic acids is 2. The van der Waals surface area contributed by atoms with Crippen LogP contribution in [-0.4, -0.2) is 37.7 Å². The minimum Gasteiger partial charge on any atom is -0.503 e. The fraction of sp³-hybridized carbons (Fsp3) is 0.333. The topological polar surface area (TPSA) is 113 Å². The van der Waals surface area contributed by atoms with Gasteiger partial charge in [0.05, 0.1) is 35.3 Å². The first-order valence-corrected chi connectivity index (χ1v) is 14.7. The predicted molar refractivity (Wildman–Crippen MR) is 159 cm³/mol. The van der Waals surface area contributed by atoms with E-state index in [2.05, 4.69) is 31.9 Å². The van der Waals surface area contributed by atoms with Crippen LogP contribution in [0.4, 0.5) is 0 Å². The average molecular weight is 685 g/mol. The molecule has 1 fully saturated rings. The Morgan fingerprint density at radius 2 is 1.68 bits per heavy atom. The van der Waals surface area contributed by atoms with Crippen molar-refractivity contribution in [1.29, 1.82) is 0 Å². The molecule has 2 heterocycles. The number of ketones is 2. The summed E-state index contributed by atoms with van der Waals surface area (Å²) in [7, 11) is 1.43. The van der Waals surface area contributed by atoms with Crippen LogP contribution in [0, 0.1) is 11.3 Å². The van der Waals surface area contributed by atoms with Gasteiger partial charge in [-0.05, 0) is 92.6 Å². The second kappa shape index (κ2) is 9.55. The molecule has 6 rings (SSSR count). The molecule has 2 aromatic carbocycles. The van der Waals surface area contributed by atoms with E-state index in [-0.39, 0.29) is 36.0 Å². The van der Waals surface area contributed by atoms with Crippen molar-refractivity contribution in [3.05, 3.63) is 94.7 Å². The monoisotopic (exact) mass is 683 g/mol. The van der Waals surface area contributed by atoms with Crippen molar-refractivity contribution in [3.8, 4) is 17.2 Å². The number of aromatic nitrogens is 3. The number of allylic oxidation sites excluding steroid dienone is 4. The third kappa shape index (κ3) is 3.64. The van der Waals surface area contributed by atoms with Gasteiger partial charge in [-0.3, -0.25) is 9.59 Å². The highest BCUT2D eigenvalue weighted by Gasteiger charge is 2.61. The Labute approximate surface area is 252 Å². The van der Waals surface area contributed by atoms with E-state index >= 15 is 0 Å². The third-order valence-corrected chi connectivity index (χ3v) is 11.3. The van der Waals surface area contributed by atoms with Crippen LogP contribution in [0.3, 0.4) is 0 Å². The second-order valence-corrected chi connectivity index (χ2v) is 12.6. The lowest BCUT2D eigenvalue weighted by atomic mass is 9.50. The van der Waals surface area contributed by atoms with Crippen molar-refractivity contribution in [3.63, 3.8) is 0 Å². The standard InChI is InChI=1S/C30H27Br2N3O6/c1-14-15(2)27(38)30(3)19(25(14)36)13-20-17(22(30)18-12-21(41-4)26(37)24(32)23(18)31)10-11-33-28(39)34(29(40)35(20)33)16-8-6-5-7-9-16/h5-10,12,19-20,22,37H,11,13H2,1-4H3/t19-,20+,22+,30+/m0/s1. The molecule has 1 aliphatic heterocycles. The van der Waals surface area contributed by atoms with Crippen molar-refractivity contribution in [2.75, 3.05) is 7.11 Å². The minimum absolute atomic E-state index is 0.112. The molecule has 11 heteroatoms. The number of ether oxygens (including phenoxy) is 1. The molecule has 0 spiro atoms. The molecule has 2 aliphatic carbocycles. The van der Waals surface area contributed by atoms with Gasteiger partial charge in [-0.25, -0.2) is 23.5 Å². The molecule has 1 N–H and O–H groups in total. The highest BCUT2D eigenvalue weighted by Crippen LogP contribution is 2.62. The molecule has 0 radical (unpaired) electrons. The first-order valence-electron chi connectivity index (χ1n) is 13.2. The summed E-state index contributed by atoms with van der Waals surface area (Å²) in [5, 5.41) is 10.7. The number of methoxy groups -OCH3 is 1. The molecule has 0 saturated heterocycles. The zero-order chi connectivity index (χ0) is 29.5. The van der Waals surface area contributed by atoms with Gasteiger partial charge in [-0.15, -0.1) is 0 Å². The van der Waals surface area contributed by atoms with Gasteiger partial charge >= 0.3 is 11.4 Å². The smallest absolute Gasteiger partial charge is 0.352 e. The van der Waals surface area contributed by atoms with Gasteiger partial charge in [-0.2, -0.15) is 0 Å². The third-order valence-electron chi connectivity index (χ3n) is 9.15. The lowest BCUT2D eigenvalue weighted by molar-refractivity contribution is -0.140. The summed E-state index contributed by atoms with van der Waals surface area (Å²) in [5.74, 6) is -1.65. The Hall–Kier alpha value is -3.44. The van der Waals surface area contributed by atoms with E-state index in [0.29, 0.717) is 31.3 Å². The first kappa shape index (κ1) is 27.7. The van der Waals surface area contributed by atoms with E-state index < -0.39 is 34.7 Å². The largest absolute Gasteiger partial charge is 0.503 e. The van der Waals surface area contributed by atoms with E-state index in [1.807, 2.05) is 13.0 Å². The molecule has 9 nitrogen and oxygen atoms in total. The molecule has 4 atom stereocenters. The van der Waals surface area contributed by atoms with Crippen molar-refractivity contribution >= 4 is 43.4 Å². The van der Waals surface area contributed by atoms with Gasteiger partial charge in [0, 0.05) is 16.3 Å². The van der Waals surface area contributed by atoms with Crippen LogP contribution in [-0.2, 0) is 16.1 Å². The van der Waals surface area contributed by atoms with E-state index in [4.69, 9.17) is 4.74 Å². The summed E-state index contributed by atoms with van der Waals surface area (Å²) in [6.45, 7) is 5.27. The van der Waals surface area contributed by atoms with E-state index in [1.54, 1.807) is 50.2 Å². The summed E-state index contributed by atoms with van der Waals surface area (Å²) in [5.41, 5.74) is 0.466.